The Bertz CT molecular complexity index is 382. The molecule has 0 heterocycles. The fourth-order valence-corrected chi connectivity index (χ4v) is 1.31. The summed E-state index contributed by atoms with van der Waals surface area (Å²) in [5.41, 5.74) is 6.16. The number of carbonyl (C=O) groups excluding carboxylic acids is 1. The van der Waals surface area contributed by atoms with E-state index in [9.17, 15) is 9.59 Å². The van der Waals surface area contributed by atoms with Crippen LogP contribution >= 0.6 is 0 Å². The topological polar surface area (TPSA) is 80.4 Å². The third kappa shape index (κ3) is 2.77. The molecule has 2 unspecified atom stereocenters. The van der Waals surface area contributed by atoms with Crippen LogP contribution in [-0.2, 0) is 9.59 Å². The number of carboxylic acid groups (broad SMARTS) is 1. The molecule has 2 atom stereocenters. The second-order valence-corrected chi connectivity index (χ2v) is 3.09. The standard InChI is InChI=1S/C11H11NO3/c12-10(11(14)15)9(6-7-13)8-4-2-1-3-5-8/h1-6,9-10H,12H2,(H,14,15). The molecule has 0 aromatic heterocycles. The molecule has 3 N–H and O–H groups in total. The lowest BCUT2D eigenvalue weighted by atomic mass is 9.92. The molecule has 0 saturated heterocycles. The zero-order chi connectivity index (χ0) is 11.3. The number of carbonyl (C=O) groups is 1. The highest BCUT2D eigenvalue weighted by molar-refractivity contribution is 5.76. The lowest BCUT2D eigenvalue weighted by Crippen LogP contribution is -2.35. The molecule has 4 nitrogen and oxygen atoms in total. The summed E-state index contributed by atoms with van der Waals surface area (Å²) in [6.45, 7) is 0. The molecule has 0 fully saturated rings. The third-order valence-electron chi connectivity index (χ3n) is 2.10. The summed E-state index contributed by atoms with van der Waals surface area (Å²) >= 11 is 0. The Morgan fingerprint density at radius 3 is 2.47 bits per heavy atom. The van der Waals surface area contributed by atoms with Crippen molar-refractivity contribution in [3.05, 3.63) is 42.0 Å². The summed E-state index contributed by atoms with van der Waals surface area (Å²) in [4.78, 5) is 21.0. The van der Waals surface area contributed by atoms with E-state index in [1.165, 1.54) is 0 Å². The number of rotatable bonds is 4. The zero-order valence-electron chi connectivity index (χ0n) is 7.96. The number of nitrogens with two attached hydrogens (primary N) is 1. The van der Waals surface area contributed by atoms with Crippen LogP contribution in [0.2, 0.25) is 0 Å². The lowest BCUT2D eigenvalue weighted by molar-refractivity contribution is -0.138. The molecule has 0 bridgehead atoms. The van der Waals surface area contributed by atoms with Gasteiger partial charge in [0.05, 0.1) is 0 Å². The van der Waals surface area contributed by atoms with Crippen LogP contribution in [-0.4, -0.2) is 23.1 Å². The first-order valence-corrected chi connectivity index (χ1v) is 4.41. The van der Waals surface area contributed by atoms with Crippen molar-refractivity contribution in [2.45, 2.75) is 12.0 Å². The molecular weight excluding hydrogens is 194 g/mol. The van der Waals surface area contributed by atoms with Crippen molar-refractivity contribution in [2.24, 2.45) is 5.73 Å². The smallest absolute Gasteiger partial charge is 0.321 e. The number of aliphatic carboxylic acids is 1. The van der Waals surface area contributed by atoms with Gasteiger partial charge in [0.1, 0.15) is 12.0 Å². The Morgan fingerprint density at radius 1 is 1.40 bits per heavy atom. The molecule has 0 radical (unpaired) electrons. The van der Waals surface area contributed by atoms with Crippen LogP contribution in [0.25, 0.3) is 0 Å². The van der Waals surface area contributed by atoms with E-state index in [0.29, 0.717) is 5.56 Å². The minimum atomic E-state index is -1.14. The first-order chi connectivity index (χ1) is 7.16. The van der Waals surface area contributed by atoms with Crippen molar-refractivity contribution in [3.63, 3.8) is 0 Å². The van der Waals surface area contributed by atoms with Crippen LogP contribution in [0, 0.1) is 0 Å². The molecule has 0 aliphatic rings. The van der Waals surface area contributed by atoms with Gasteiger partial charge in [0, 0.05) is 12.0 Å². The van der Waals surface area contributed by atoms with E-state index in [1.54, 1.807) is 36.3 Å². The van der Waals surface area contributed by atoms with E-state index in [-0.39, 0.29) is 0 Å². The Hall–Kier alpha value is -1.90. The van der Waals surface area contributed by atoms with Crippen LogP contribution in [0.15, 0.2) is 36.4 Å². The van der Waals surface area contributed by atoms with E-state index in [4.69, 9.17) is 10.8 Å². The van der Waals surface area contributed by atoms with Crippen molar-refractivity contribution in [1.29, 1.82) is 0 Å². The quantitative estimate of drug-likeness (QED) is 0.704. The Morgan fingerprint density at radius 2 is 2.00 bits per heavy atom. The molecule has 0 spiro atoms. The molecule has 0 saturated carbocycles. The molecule has 78 valence electrons. The van der Waals surface area contributed by atoms with Gasteiger partial charge in [0.2, 0.25) is 0 Å². The van der Waals surface area contributed by atoms with Gasteiger partial charge in [-0.25, -0.2) is 4.79 Å². The van der Waals surface area contributed by atoms with Gasteiger partial charge in [0.25, 0.3) is 0 Å². The van der Waals surface area contributed by atoms with Crippen LogP contribution in [0.5, 0.6) is 0 Å². The van der Waals surface area contributed by atoms with E-state index in [0.717, 1.165) is 6.08 Å². The maximum absolute atomic E-state index is 10.7. The first kappa shape index (κ1) is 11.2. The van der Waals surface area contributed by atoms with Gasteiger partial charge in [-0.05, 0) is 5.56 Å². The van der Waals surface area contributed by atoms with Crippen molar-refractivity contribution in [3.8, 4) is 0 Å². The molecule has 15 heavy (non-hydrogen) atoms. The molecule has 4 heteroatoms. The molecule has 0 amide bonds. The average Bonchev–Trinajstić information content (AvgIpc) is 2.26. The van der Waals surface area contributed by atoms with E-state index in [2.05, 4.69) is 0 Å². The van der Waals surface area contributed by atoms with Crippen LogP contribution < -0.4 is 5.73 Å². The highest BCUT2D eigenvalue weighted by atomic mass is 16.4. The third-order valence-corrected chi connectivity index (χ3v) is 2.10. The summed E-state index contributed by atoms with van der Waals surface area (Å²) in [6, 6.07) is 7.64. The first-order valence-electron chi connectivity index (χ1n) is 4.41. The van der Waals surface area contributed by atoms with Gasteiger partial charge >= 0.3 is 5.97 Å². The molecule has 1 rings (SSSR count). The maximum atomic E-state index is 10.7. The number of carboxylic acids is 1. The van der Waals surface area contributed by atoms with Gasteiger partial charge in [-0.1, -0.05) is 30.3 Å². The molecule has 0 aliphatic carbocycles. The highest BCUT2D eigenvalue weighted by Crippen LogP contribution is 2.19. The summed E-state index contributed by atoms with van der Waals surface area (Å²) in [7, 11) is 0. The highest BCUT2D eigenvalue weighted by Gasteiger charge is 2.23. The number of benzene rings is 1. The van der Waals surface area contributed by atoms with Crippen molar-refractivity contribution in [2.75, 3.05) is 0 Å². The molecular formula is C11H11NO3. The summed E-state index contributed by atoms with van der Waals surface area (Å²) < 4.78 is 0. The summed E-state index contributed by atoms with van der Waals surface area (Å²) in [5.74, 6) is -0.197. The monoisotopic (exact) mass is 205 g/mol. The number of hydrogen-bond acceptors (Lipinski definition) is 3. The van der Waals surface area contributed by atoms with Gasteiger partial charge in [-0.3, -0.25) is 4.79 Å². The molecule has 1 aromatic rings. The Kier molecular flexibility index (Phi) is 3.80. The fraction of sp³-hybridized carbons (Fsp3) is 0.182. The SMILES string of the molecule is NC(C(=O)O)C(C=C=O)c1ccccc1. The van der Waals surface area contributed by atoms with Crippen molar-refractivity contribution >= 4 is 11.9 Å². The van der Waals surface area contributed by atoms with E-state index in [1.807, 2.05) is 0 Å². The summed E-state index contributed by atoms with van der Waals surface area (Å²) in [6.07, 6.45) is 1.13. The van der Waals surface area contributed by atoms with Crippen LogP contribution in [0.3, 0.4) is 0 Å². The van der Waals surface area contributed by atoms with E-state index >= 15 is 0 Å². The largest absolute Gasteiger partial charge is 0.480 e. The van der Waals surface area contributed by atoms with Crippen LogP contribution in [0.4, 0.5) is 0 Å². The molecule has 1 aromatic carbocycles. The zero-order valence-corrected chi connectivity index (χ0v) is 7.96. The van der Waals surface area contributed by atoms with Gasteiger partial charge in [-0.15, -0.1) is 0 Å². The maximum Gasteiger partial charge on any atom is 0.321 e. The van der Waals surface area contributed by atoms with Crippen molar-refractivity contribution < 1.29 is 14.7 Å². The van der Waals surface area contributed by atoms with Gasteiger partial charge in [-0.2, -0.15) is 0 Å². The number of hydrogen-bond donors (Lipinski definition) is 2. The predicted octanol–water partition coefficient (Wildman–Crippen LogP) is 0.570. The normalized spacial score (nSPS) is 13.7. The molecule has 0 aliphatic heterocycles. The second-order valence-electron chi connectivity index (χ2n) is 3.09. The average molecular weight is 205 g/mol. The van der Waals surface area contributed by atoms with Crippen molar-refractivity contribution in [1.82, 2.24) is 0 Å². The Labute approximate surface area is 87.0 Å². The van der Waals surface area contributed by atoms with E-state index < -0.39 is 17.9 Å². The van der Waals surface area contributed by atoms with Gasteiger partial charge < -0.3 is 10.8 Å². The van der Waals surface area contributed by atoms with Gasteiger partial charge in [0.15, 0.2) is 0 Å². The summed E-state index contributed by atoms with van der Waals surface area (Å²) in [5, 5.41) is 8.77. The predicted molar refractivity (Wildman–Crippen MR) is 55.1 cm³/mol. The fourth-order valence-electron chi connectivity index (χ4n) is 1.31. The Balaban J connectivity index is 3.03. The minimum absolute atomic E-state index is 0.638. The minimum Gasteiger partial charge on any atom is -0.480 e. The second kappa shape index (κ2) is 5.10. The lowest BCUT2D eigenvalue weighted by Gasteiger charge is -2.15. The van der Waals surface area contributed by atoms with Crippen LogP contribution in [0.1, 0.15) is 11.5 Å².